The molecule has 6 heteroatoms. The van der Waals surface area contributed by atoms with Crippen molar-refractivity contribution in [3.05, 3.63) is 16.6 Å². The summed E-state index contributed by atoms with van der Waals surface area (Å²) in [4.78, 5) is 9.30. The number of hydrogen-bond donors (Lipinski definition) is 1. The van der Waals surface area contributed by atoms with Gasteiger partial charge in [0, 0.05) is 45.8 Å². The number of imidazole rings is 1. The average molecular weight is 330 g/mol. The van der Waals surface area contributed by atoms with Crippen LogP contribution in [-0.4, -0.2) is 58.1 Å². The maximum atomic E-state index is 6.01. The largest absolute Gasteiger partial charge is 0.335 e. The SMILES string of the molecule is CC(C)N1CCN(C(CN)c2c(Br)ncn2C)CC1. The molecule has 19 heavy (non-hydrogen) atoms. The molecule has 0 spiro atoms. The number of piperazine rings is 1. The van der Waals surface area contributed by atoms with E-state index in [-0.39, 0.29) is 6.04 Å². The fraction of sp³-hybridized carbons (Fsp3) is 0.769. The molecule has 1 saturated heterocycles. The van der Waals surface area contributed by atoms with Crippen LogP contribution in [0.5, 0.6) is 0 Å². The zero-order chi connectivity index (χ0) is 14.0. The number of aromatic nitrogens is 2. The Bertz CT molecular complexity index is 390. The molecular formula is C13H24BrN5. The van der Waals surface area contributed by atoms with Crippen LogP contribution in [0.1, 0.15) is 25.6 Å². The summed E-state index contributed by atoms with van der Waals surface area (Å²) in [5.41, 5.74) is 7.19. The van der Waals surface area contributed by atoms with E-state index in [4.69, 9.17) is 5.73 Å². The Morgan fingerprint density at radius 1 is 1.26 bits per heavy atom. The van der Waals surface area contributed by atoms with Crippen LogP contribution in [0.15, 0.2) is 10.9 Å². The van der Waals surface area contributed by atoms with Gasteiger partial charge in [0.25, 0.3) is 0 Å². The predicted molar refractivity (Wildman–Crippen MR) is 81.0 cm³/mol. The van der Waals surface area contributed by atoms with E-state index >= 15 is 0 Å². The third kappa shape index (κ3) is 3.18. The Morgan fingerprint density at radius 3 is 2.26 bits per heavy atom. The average Bonchev–Trinajstić information content (AvgIpc) is 2.72. The van der Waals surface area contributed by atoms with Crippen LogP contribution in [0, 0.1) is 0 Å². The van der Waals surface area contributed by atoms with Gasteiger partial charge in [-0.15, -0.1) is 0 Å². The van der Waals surface area contributed by atoms with Gasteiger partial charge < -0.3 is 10.3 Å². The second-order valence-electron chi connectivity index (χ2n) is 5.45. The van der Waals surface area contributed by atoms with Gasteiger partial charge in [0.05, 0.1) is 18.1 Å². The second kappa shape index (κ2) is 6.35. The van der Waals surface area contributed by atoms with Crippen LogP contribution >= 0.6 is 15.9 Å². The number of nitrogens with two attached hydrogens (primary N) is 1. The van der Waals surface area contributed by atoms with Crippen molar-refractivity contribution in [1.29, 1.82) is 0 Å². The lowest BCUT2D eigenvalue weighted by molar-refractivity contribution is 0.0778. The lowest BCUT2D eigenvalue weighted by Gasteiger charge is -2.40. The highest BCUT2D eigenvalue weighted by Crippen LogP contribution is 2.27. The third-order valence-corrected chi connectivity index (χ3v) is 4.61. The highest BCUT2D eigenvalue weighted by Gasteiger charge is 2.28. The van der Waals surface area contributed by atoms with Crippen molar-refractivity contribution in [3.63, 3.8) is 0 Å². The van der Waals surface area contributed by atoms with Gasteiger partial charge in [-0.05, 0) is 29.8 Å². The van der Waals surface area contributed by atoms with E-state index in [0.29, 0.717) is 12.6 Å². The third-order valence-electron chi connectivity index (χ3n) is 3.99. The molecule has 0 radical (unpaired) electrons. The first-order valence-electron chi connectivity index (χ1n) is 6.89. The van der Waals surface area contributed by atoms with E-state index in [1.54, 1.807) is 0 Å². The van der Waals surface area contributed by atoms with Crippen LogP contribution in [-0.2, 0) is 7.05 Å². The highest BCUT2D eigenvalue weighted by molar-refractivity contribution is 9.10. The van der Waals surface area contributed by atoms with Gasteiger partial charge in [0.1, 0.15) is 4.60 Å². The first-order chi connectivity index (χ1) is 9.04. The standard InChI is InChI=1S/C13H24BrN5/c1-10(2)18-4-6-19(7-5-18)11(8-15)12-13(14)16-9-17(12)3/h9-11H,4-8,15H2,1-3H3. The minimum absolute atomic E-state index is 0.246. The van der Waals surface area contributed by atoms with E-state index in [1.807, 2.05) is 13.4 Å². The Hall–Kier alpha value is -0.430. The molecule has 0 aromatic carbocycles. The minimum atomic E-state index is 0.246. The summed E-state index contributed by atoms with van der Waals surface area (Å²) >= 11 is 3.54. The zero-order valence-corrected chi connectivity index (χ0v) is 13.6. The van der Waals surface area contributed by atoms with Gasteiger partial charge in [0.15, 0.2) is 0 Å². The summed E-state index contributed by atoms with van der Waals surface area (Å²) in [6.07, 6.45) is 1.84. The molecular weight excluding hydrogens is 306 g/mol. The molecule has 0 saturated carbocycles. The molecule has 0 amide bonds. The molecule has 108 valence electrons. The quantitative estimate of drug-likeness (QED) is 0.902. The molecule has 2 N–H and O–H groups in total. The van der Waals surface area contributed by atoms with Gasteiger partial charge in [-0.2, -0.15) is 0 Å². The van der Waals surface area contributed by atoms with Crippen molar-refractivity contribution >= 4 is 15.9 Å². The van der Waals surface area contributed by atoms with Gasteiger partial charge in [-0.1, -0.05) is 0 Å². The molecule has 0 aliphatic carbocycles. The van der Waals surface area contributed by atoms with E-state index in [2.05, 4.69) is 49.1 Å². The molecule has 1 aliphatic heterocycles. The number of nitrogens with zero attached hydrogens (tertiary/aromatic N) is 4. The van der Waals surface area contributed by atoms with Crippen molar-refractivity contribution in [2.45, 2.75) is 25.9 Å². The monoisotopic (exact) mass is 329 g/mol. The number of hydrogen-bond acceptors (Lipinski definition) is 4. The van der Waals surface area contributed by atoms with Crippen molar-refractivity contribution in [3.8, 4) is 0 Å². The fourth-order valence-electron chi connectivity index (χ4n) is 2.78. The Morgan fingerprint density at radius 2 is 1.84 bits per heavy atom. The van der Waals surface area contributed by atoms with E-state index in [9.17, 15) is 0 Å². The van der Waals surface area contributed by atoms with E-state index < -0.39 is 0 Å². The predicted octanol–water partition coefficient (Wildman–Crippen LogP) is 1.21. The summed E-state index contributed by atoms with van der Waals surface area (Å²) in [5, 5.41) is 0. The maximum Gasteiger partial charge on any atom is 0.128 e. The molecule has 0 bridgehead atoms. The molecule has 5 nitrogen and oxygen atoms in total. The van der Waals surface area contributed by atoms with E-state index in [1.165, 1.54) is 5.69 Å². The molecule has 1 aromatic rings. The number of aryl methyl sites for hydroxylation is 1. The van der Waals surface area contributed by atoms with Gasteiger partial charge >= 0.3 is 0 Å². The van der Waals surface area contributed by atoms with Crippen LogP contribution in [0.25, 0.3) is 0 Å². The normalized spacial score (nSPS) is 20.1. The minimum Gasteiger partial charge on any atom is -0.335 e. The number of halogens is 1. The lowest BCUT2D eigenvalue weighted by atomic mass is 10.1. The first kappa shape index (κ1) is 15.0. The Kier molecular flexibility index (Phi) is 5.00. The van der Waals surface area contributed by atoms with Gasteiger partial charge in [-0.3, -0.25) is 9.80 Å². The van der Waals surface area contributed by atoms with Crippen LogP contribution in [0.4, 0.5) is 0 Å². The topological polar surface area (TPSA) is 50.3 Å². The summed E-state index contributed by atoms with van der Waals surface area (Å²) in [6, 6.07) is 0.873. The van der Waals surface area contributed by atoms with Gasteiger partial charge in [0.2, 0.25) is 0 Å². The van der Waals surface area contributed by atoms with Crippen molar-refractivity contribution in [2.75, 3.05) is 32.7 Å². The summed E-state index contributed by atoms with van der Waals surface area (Å²) in [7, 11) is 2.03. The summed E-state index contributed by atoms with van der Waals surface area (Å²) < 4.78 is 2.98. The molecule has 1 aromatic heterocycles. The molecule has 1 aliphatic rings. The van der Waals surface area contributed by atoms with Gasteiger partial charge in [-0.25, -0.2) is 4.98 Å². The summed E-state index contributed by atoms with van der Waals surface area (Å²) in [5.74, 6) is 0. The Labute approximate surface area is 123 Å². The maximum absolute atomic E-state index is 6.01. The number of rotatable bonds is 4. The van der Waals surface area contributed by atoms with Crippen molar-refractivity contribution in [1.82, 2.24) is 19.4 Å². The molecule has 2 rings (SSSR count). The zero-order valence-electron chi connectivity index (χ0n) is 12.0. The van der Waals surface area contributed by atoms with Crippen LogP contribution < -0.4 is 5.73 Å². The highest BCUT2D eigenvalue weighted by atomic mass is 79.9. The Balaban J connectivity index is 2.08. The smallest absolute Gasteiger partial charge is 0.128 e. The van der Waals surface area contributed by atoms with Crippen molar-refractivity contribution < 1.29 is 0 Å². The summed E-state index contributed by atoms with van der Waals surface area (Å²) in [6.45, 7) is 9.50. The molecule has 1 fully saturated rings. The first-order valence-corrected chi connectivity index (χ1v) is 7.68. The molecule has 2 heterocycles. The molecule has 1 atom stereocenters. The second-order valence-corrected chi connectivity index (χ2v) is 6.20. The van der Waals surface area contributed by atoms with E-state index in [0.717, 1.165) is 30.8 Å². The van der Waals surface area contributed by atoms with Crippen LogP contribution in [0.3, 0.4) is 0 Å². The van der Waals surface area contributed by atoms with Crippen LogP contribution in [0.2, 0.25) is 0 Å². The molecule has 1 unspecified atom stereocenters. The lowest BCUT2D eigenvalue weighted by Crippen LogP contribution is -2.51. The van der Waals surface area contributed by atoms with Crippen molar-refractivity contribution in [2.24, 2.45) is 12.8 Å². The fourth-order valence-corrected chi connectivity index (χ4v) is 3.42.